The number of esters is 1. The number of methoxy groups -OCH3 is 1. The van der Waals surface area contributed by atoms with Crippen molar-refractivity contribution in [3.63, 3.8) is 0 Å². The molecule has 1 atom stereocenters. The highest BCUT2D eigenvalue weighted by Crippen LogP contribution is 2.34. The molecule has 4 rings (SSSR count). The predicted octanol–water partition coefficient (Wildman–Crippen LogP) is 4.51. The molecule has 0 saturated carbocycles. The second-order valence-corrected chi connectivity index (χ2v) is 7.68. The first kappa shape index (κ1) is 21.7. The van der Waals surface area contributed by atoms with E-state index in [1.165, 1.54) is 13.4 Å². The highest BCUT2D eigenvalue weighted by Gasteiger charge is 2.20. The fourth-order valence-electron chi connectivity index (χ4n) is 3.71. The molecule has 7 nitrogen and oxygen atoms in total. The quantitative estimate of drug-likeness (QED) is 0.524. The monoisotopic (exact) mass is 438 g/mol. The van der Waals surface area contributed by atoms with Crippen LogP contribution in [0.3, 0.4) is 0 Å². The van der Waals surface area contributed by atoms with Crippen molar-refractivity contribution < 1.29 is 28.2 Å². The minimum atomic E-state index is -0.777. The Hall–Kier alpha value is -3.48. The van der Waals surface area contributed by atoms with Crippen molar-refractivity contribution in [2.75, 3.05) is 20.3 Å². The van der Waals surface area contributed by atoms with Crippen LogP contribution in [-0.2, 0) is 16.0 Å². The van der Waals surface area contributed by atoms with Gasteiger partial charge in [0.2, 0.25) is 5.43 Å². The summed E-state index contributed by atoms with van der Waals surface area (Å²) in [4.78, 5) is 25.2. The van der Waals surface area contributed by atoms with Crippen LogP contribution in [0.4, 0.5) is 0 Å². The summed E-state index contributed by atoms with van der Waals surface area (Å²) >= 11 is 0. The molecule has 0 bridgehead atoms. The average molecular weight is 438 g/mol. The number of rotatable bonds is 6. The number of carbonyl (C=O) groups is 1. The molecule has 0 amide bonds. The first-order chi connectivity index (χ1) is 15.5. The Labute approximate surface area is 185 Å². The van der Waals surface area contributed by atoms with Gasteiger partial charge in [0.25, 0.3) is 0 Å². The summed E-state index contributed by atoms with van der Waals surface area (Å²) in [6, 6.07) is 8.90. The molecule has 0 fully saturated rings. The van der Waals surface area contributed by atoms with Gasteiger partial charge >= 0.3 is 5.97 Å². The Kier molecular flexibility index (Phi) is 6.35. The average Bonchev–Trinajstić information content (AvgIpc) is 3.04. The first-order valence-electron chi connectivity index (χ1n) is 10.7. The second kappa shape index (κ2) is 9.34. The molecule has 168 valence electrons. The maximum Gasteiger partial charge on any atom is 0.346 e. The number of fused-ring (bicyclic) bond motifs is 2. The van der Waals surface area contributed by atoms with Gasteiger partial charge in [-0.25, -0.2) is 4.79 Å². The van der Waals surface area contributed by atoms with Crippen LogP contribution in [0.25, 0.3) is 22.1 Å². The third-order valence-electron chi connectivity index (χ3n) is 5.37. The zero-order valence-electron chi connectivity index (χ0n) is 18.4. The fraction of sp³-hybridized carbons (Fsp3) is 0.360. The van der Waals surface area contributed by atoms with Crippen LogP contribution >= 0.6 is 0 Å². The van der Waals surface area contributed by atoms with Gasteiger partial charge in [-0.1, -0.05) is 19.4 Å². The summed E-state index contributed by atoms with van der Waals surface area (Å²) < 4.78 is 27.8. The normalized spacial score (nSPS) is 14.0. The predicted molar refractivity (Wildman–Crippen MR) is 120 cm³/mol. The molecule has 0 unspecified atom stereocenters. The van der Waals surface area contributed by atoms with E-state index in [9.17, 15) is 9.59 Å². The van der Waals surface area contributed by atoms with Crippen molar-refractivity contribution in [1.29, 1.82) is 0 Å². The molecule has 1 aromatic heterocycles. The van der Waals surface area contributed by atoms with Crippen LogP contribution in [0, 0.1) is 0 Å². The molecule has 0 N–H and O–H groups in total. The van der Waals surface area contributed by atoms with E-state index in [0.717, 1.165) is 18.4 Å². The first-order valence-corrected chi connectivity index (χ1v) is 10.7. The Morgan fingerprint density at radius 1 is 1.12 bits per heavy atom. The molecule has 32 heavy (non-hydrogen) atoms. The van der Waals surface area contributed by atoms with Gasteiger partial charge in [0, 0.05) is 12.5 Å². The van der Waals surface area contributed by atoms with Crippen LogP contribution in [0.15, 0.2) is 45.8 Å². The molecule has 1 aliphatic heterocycles. The summed E-state index contributed by atoms with van der Waals surface area (Å²) in [7, 11) is 1.32. The van der Waals surface area contributed by atoms with Gasteiger partial charge in [0.15, 0.2) is 17.6 Å². The molecule has 2 aromatic carbocycles. The molecule has 7 heteroatoms. The van der Waals surface area contributed by atoms with E-state index in [-0.39, 0.29) is 5.43 Å². The van der Waals surface area contributed by atoms with Gasteiger partial charge in [-0.05, 0) is 42.7 Å². The van der Waals surface area contributed by atoms with E-state index in [1.54, 1.807) is 25.1 Å². The largest absolute Gasteiger partial charge is 0.490 e. The molecule has 2 heterocycles. The van der Waals surface area contributed by atoms with E-state index in [0.29, 0.717) is 59.0 Å². The summed E-state index contributed by atoms with van der Waals surface area (Å²) in [6.07, 6.45) is 3.01. The van der Waals surface area contributed by atoms with Gasteiger partial charge in [0.1, 0.15) is 17.6 Å². The van der Waals surface area contributed by atoms with Crippen LogP contribution in [-0.4, -0.2) is 32.4 Å². The molecule has 1 aliphatic rings. The number of benzene rings is 2. The van der Waals surface area contributed by atoms with Crippen molar-refractivity contribution in [3.05, 3.63) is 52.4 Å². The minimum absolute atomic E-state index is 0.148. The van der Waals surface area contributed by atoms with Crippen molar-refractivity contribution in [3.8, 4) is 28.4 Å². The smallest absolute Gasteiger partial charge is 0.346 e. The molecule has 0 saturated heterocycles. The maximum absolute atomic E-state index is 13.4. The Balaban J connectivity index is 1.77. The van der Waals surface area contributed by atoms with Crippen LogP contribution in [0.1, 0.15) is 32.3 Å². The van der Waals surface area contributed by atoms with Crippen LogP contribution < -0.4 is 19.6 Å². The lowest BCUT2D eigenvalue weighted by Gasteiger charge is -2.16. The van der Waals surface area contributed by atoms with Crippen LogP contribution in [0.5, 0.6) is 17.2 Å². The highest BCUT2D eigenvalue weighted by atomic mass is 16.6. The topological polar surface area (TPSA) is 84.2 Å². The summed E-state index contributed by atoms with van der Waals surface area (Å²) in [5.74, 6) is 1.32. The van der Waals surface area contributed by atoms with Crippen molar-refractivity contribution in [1.82, 2.24) is 0 Å². The molecule has 0 radical (unpaired) electrons. The van der Waals surface area contributed by atoms with E-state index in [4.69, 9.17) is 23.4 Å². The Bertz CT molecular complexity index is 1190. The van der Waals surface area contributed by atoms with E-state index in [1.807, 2.05) is 19.1 Å². The second-order valence-electron chi connectivity index (χ2n) is 7.68. The molecular formula is C25H26O7. The molecule has 0 aliphatic carbocycles. The van der Waals surface area contributed by atoms with E-state index >= 15 is 0 Å². The van der Waals surface area contributed by atoms with Gasteiger partial charge in [-0.15, -0.1) is 0 Å². The van der Waals surface area contributed by atoms with Gasteiger partial charge in [-0.3, -0.25) is 4.79 Å². The summed E-state index contributed by atoms with van der Waals surface area (Å²) in [6.45, 7) is 4.82. The fourth-order valence-corrected chi connectivity index (χ4v) is 3.71. The van der Waals surface area contributed by atoms with Gasteiger partial charge < -0.3 is 23.4 Å². The van der Waals surface area contributed by atoms with Gasteiger partial charge in [-0.2, -0.15) is 0 Å². The highest BCUT2D eigenvalue weighted by molar-refractivity contribution is 5.84. The van der Waals surface area contributed by atoms with Gasteiger partial charge in [0.05, 0.1) is 31.3 Å². The molecule has 3 aromatic rings. The van der Waals surface area contributed by atoms with Crippen molar-refractivity contribution in [2.24, 2.45) is 0 Å². The lowest BCUT2D eigenvalue weighted by molar-refractivity contribution is -0.147. The van der Waals surface area contributed by atoms with Crippen molar-refractivity contribution in [2.45, 2.75) is 39.2 Å². The maximum atomic E-state index is 13.4. The van der Waals surface area contributed by atoms with Crippen molar-refractivity contribution >= 4 is 16.9 Å². The zero-order chi connectivity index (χ0) is 22.7. The molecule has 0 spiro atoms. The lowest BCUT2D eigenvalue weighted by Crippen LogP contribution is -2.25. The third-order valence-corrected chi connectivity index (χ3v) is 5.37. The number of hydrogen-bond acceptors (Lipinski definition) is 7. The minimum Gasteiger partial charge on any atom is -0.490 e. The lowest BCUT2D eigenvalue weighted by atomic mass is 10.0. The summed E-state index contributed by atoms with van der Waals surface area (Å²) in [5.41, 5.74) is 2.21. The number of hydrogen-bond donors (Lipinski definition) is 0. The Morgan fingerprint density at radius 3 is 2.66 bits per heavy atom. The van der Waals surface area contributed by atoms with E-state index in [2.05, 4.69) is 0 Å². The standard InChI is InChI=1S/C25H26O7/c1-4-6-17-11-18-22(13-21(17)32-15(2)25(27)28-3)31-14-19(24(18)26)16-7-8-20-23(12-16)30-10-5-9-29-20/h7-8,11-15H,4-6,9-10H2,1-3H3/t15-/m0/s1. The van der Waals surface area contributed by atoms with Crippen LogP contribution in [0.2, 0.25) is 0 Å². The Morgan fingerprint density at radius 2 is 1.91 bits per heavy atom. The third kappa shape index (κ3) is 4.28. The zero-order valence-corrected chi connectivity index (χ0v) is 18.4. The number of carbonyl (C=O) groups excluding carboxylic acids is 1. The SMILES string of the molecule is CCCc1cc2c(=O)c(-c3ccc4c(c3)OCCCO4)coc2cc1O[C@@H](C)C(=O)OC. The number of aryl methyl sites for hydroxylation is 1. The van der Waals surface area contributed by atoms with E-state index < -0.39 is 12.1 Å². The molecular weight excluding hydrogens is 412 g/mol. The number of ether oxygens (including phenoxy) is 4. The summed E-state index contributed by atoms with van der Waals surface area (Å²) in [5, 5.41) is 0.455.